The number of amides is 1. The molecule has 6 nitrogen and oxygen atoms in total. The number of ketones is 1. The first-order chi connectivity index (χ1) is 15.5. The number of halogens is 1. The SMILES string of the molecule is C=CCOc1ccc(C2/C(=C(\O)c3ccc(Br)cc3)C(=O)C(=O)N2CC2CCCO2)cc1. The zero-order valence-electron chi connectivity index (χ0n) is 17.5. The predicted octanol–water partition coefficient (Wildman–Crippen LogP) is 4.61. The van der Waals surface area contributed by atoms with Crippen molar-refractivity contribution in [3.63, 3.8) is 0 Å². The monoisotopic (exact) mass is 497 g/mol. The van der Waals surface area contributed by atoms with Crippen molar-refractivity contribution in [3.05, 3.63) is 82.4 Å². The van der Waals surface area contributed by atoms with Crippen LogP contribution >= 0.6 is 15.9 Å². The van der Waals surface area contributed by atoms with E-state index in [-0.39, 0.29) is 17.4 Å². The third-order valence-corrected chi connectivity index (χ3v) is 6.17. The lowest BCUT2D eigenvalue weighted by Gasteiger charge is -2.27. The number of aliphatic hydroxyl groups is 1. The van der Waals surface area contributed by atoms with Gasteiger partial charge in [-0.25, -0.2) is 0 Å². The van der Waals surface area contributed by atoms with Crippen LogP contribution in [0.15, 0.2) is 71.2 Å². The topological polar surface area (TPSA) is 76.1 Å². The Morgan fingerprint density at radius 2 is 1.91 bits per heavy atom. The van der Waals surface area contributed by atoms with E-state index >= 15 is 0 Å². The highest BCUT2D eigenvalue weighted by Gasteiger charge is 2.47. The number of carbonyl (C=O) groups is 2. The normalized spacial score (nSPS) is 22.3. The molecule has 2 unspecified atom stereocenters. The molecule has 2 fully saturated rings. The Balaban J connectivity index is 1.76. The molecule has 0 radical (unpaired) electrons. The van der Waals surface area contributed by atoms with Gasteiger partial charge in [-0.05, 0) is 42.7 Å². The van der Waals surface area contributed by atoms with Crippen LogP contribution in [0.2, 0.25) is 0 Å². The van der Waals surface area contributed by atoms with Crippen LogP contribution in [0.25, 0.3) is 5.76 Å². The molecular formula is C25H24BrNO5. The first-order valence-corrected chi connectivity index (χ1v) is 11.3. The molecule has 166 valence electrons. The quantitative estimate of drug-likeness (QED) is 0.261. The summed E-state index contributed by atoms with van der Waals surface area (Å²) in [5.41, 5.74) is 1.26. The molecule has 0 spiro atoms. The molecule has 2 aromatic rings. The van der Waals surface area contributed by atoms with Gasteiger partial charge in [-0.1, -0.05) is 52.9 Å². The summed E-state index contributed by atoms with van der Waals surface area (Å²) in [5.74, 6) is -0.864. The van der Waals surface area contributed by atoms with Gasteiger partial charge in [0.15, 0.2) is 0 Å². The third-order valence-electron chi connectivity index (χ3n) is 5.65. The summed E-state index contributed by atoms with van der Waals surface area (Å²) in [4.78, 5) is 27.6. The summed E-state index contributed by atoms with van der Waals surface area (Å²) in [6, 6.07) is 13.4. The van der Waals surface area contributed by atoms with Gasteiger partial charge in [0.2, 0.25) is 0 Å². The predicted molar refractivity (Wildman–Crippen MR) is 124 cm³/mol. The highest BCUT2D eigenvalue weighted by Crippen LogP contribution is 2.40. The summed E-state index contributed by atoms with van der Waals surface area (Å²) in [7, 11) is 0. The fraction of sp³-hybridized carbons (Fsp3) is 0.280. The van der Waals surface area contributed by atoms with Gasteiger partial charge >= 0.3 is 0 Å². The van der Waals surface area contributed by atoms with Crippen LogP contribution in [0, 0.1) is 0 Å². The minimum Gasteiger partial charge on any atom is -0.507 e. The van der Waals surface area contributed by atoms with Crippen molar-refractivity contribution in [1.29, 1.82) is 0 Å². The molecule has 4 rings (SSSR count). The summed E-state index contributed by atoms with van der Waals surface area (Å²) in [6.45, 7) is 4.95. The molecule has 2 heterocycles. The van der Waals surface area contributed by atoms with Crippen molar-refractivity contribution >= 4 is 33.4 Å². The maximum absolute atomic E-state index is 13.1. The third kappa shape index (κ3) is 4.49. The standard InChI is InChI=1S/C25H24BrNO5/c1-2-13-31-19-11-7-16(8-12-19)22-21(23(28)17-5-9-18(26)10-6-17)24(29)25(30)27(22)15-20-4-3-14-32-20/h2,5-12,20,22,28H,1,3-4,13-15H2/b23-21+. The average molecular weight is 498 g/mol. The van der Waals surface area contributed by atoms with E-state index in [9.17, 15) is 14.7 Å². The van der Waals surface area contributed by atoms with Crippen LogP contribution in [0.5, 0.6) is 5.75 Å². The molecule has 2 atom stereocenters. The number of rotatable bonds is 7. The van der Waals surface area contributed by atoms with Crippen molar-refractivity contribution in [2.75, 3.05) is 19.8 Å². The van der Waals surface area contributed by atoms with E-state index in [1.165, 1.54) is 4.90 Å². The zero-order valence-corrected chi connectivity index (χ0v) is 19.1. The van der Waals surface area contributed by atoms with E-state index < -0.39 is 17.7 Å². The first kappa shape index (κ1) is 22.3. The molecule has 2 aliphatic heterocycles. The van der Waals surface area contributed by atoms with Crippen LogP contribution in [0.1, 0.15) is 30.0 Å². The van der Waals surface area contributed by atoms with Gasteiger partial charge in [0.1, 0.15) is 18.1 Å². The van der Waals surface area contributed by atoms with Crippen LogP contribution in [0.3, 0.4) is 0 Å². The summed E-state index contributed by atoms with van der Waals surface area (Å²) >= 11 is 3.37. The van der Waals surface area contributed by atoms with Crippen molar-refractivity contribution in [3.8, 4) is 5.75 Å². The van der Waals surface area contributed by atoms with Crippen LogP contribution in [0.4, 0.5) is 0 Å². The van der Waals surface area contributed by atoms with Gasteiger partial charge in [-0.2, -0.15) is 0 Å². The smallest absolute Gasteiger partial charge is 0.295 e. The highest BCUT2D eigenvalue weighted by molar-refractivity contribution is 9.10. The summed E-state index contributed by atoms with van der Waals surface area (Å²) in [5, 5.41) is 11.1. The van der Waals surface area contributed by atoms with Crippen molar-refractivity contribution in [1.82, 2.24) is 4.90 Å². The van der Waals surface area contributed by atoms with Crippen LogP contribution < -0.4 is 4.74 Å². The van der Waals surface area contributed by atoms with Crippen LogP contribution in [-0.2, 0) is 14.3 Å². The molecule has 0 aliphatic carbocycles. The molecule has 1 N–H and O–H groups in total. The van der Waals surface area contributed by atoms with E-state index in [4.69, 9.17) is 9.47 Å². The molecule has 2 aromatic carbocycles. The Morgan fingerprint density at radius 1 is 1.19 bits per heavy atom. The van der Waals surface area contributed by atoms with Crippen molar-refractivity contribution in [2.24, 2.45) is 0 Å². The number of ether oxygens (including phenoxy) is 2. The Hall–Kier alpha value is -2.90. The molecule has 2 saturated heterocycles. The lowest BCUT2D eigenvalue weighted by molar-refractivity contribution is -0.140. The lowest BCUT2D eigenvalue weighted by atomic mass is 9.95. The maximum atomic E-state index is 13.1. The molecule has 1 amide bonds. The lowest BCUT2D eigenvalue weighted by Crippen LogP contribution is -2.36. The molecular weight excluding hydrogens is 474 g/mol. The zero-order chi connectivity index (χ0) is 22.7. The minimum absolute atomic E-state index is 0.0788. The molecule has 32 heavy (non-hydrogen) atoms. The molecule has 0 saturated carbocycles. The van der Waals surface area contributed by atoms with E-state index in [1.54, 1.807) is 42.5 Å². The number of aliphatic hydroxyl groups excluding tert-OH is 1. The number of hydrogen-bond donors (Lipinski definition) is 1. The van der Waals surface area contributed by atoms with Crippen LogP contribution in [-0.4, -0.2) is 47.6 Å². The maximum Gasteiger partial charge on any atom is 0.295 e. The van der Waals surface area contributed by atoms with E-state index in [2.05, 4.69) is 22.5 Å². The number of hydrogen-bond acceptors (Lipinski definition) is 5. The number of carbonyl (C=O) groups excluding carboxylic acids is 2. The molecule has 0 bridgehead atoms. The highest BCUT2D eigenvalue weighted by atomic mass is 79.9. The number of Topliss-reactive ketones (excluding diaryl/α,β-unsaturated/α-hetero) is 1. The average Bonchev–Trinajstić information content (AvgIpc) is 3.40. The summed E-state index contributed by atoms with van der Waals surface area (Å²) in [6.07, 6.45) is 3.28. The van der Waals surface area contributed by atoms with Gasteiger partial charge in [0.05, 0.1) is 17.7 Å². The van der Waals surface area contributed by atoms with E-state index in [1.807, 2.05) is 12.1 Å². The van der Waals surface area contributed by atoms with Gasteiger partial charge in [-0.3, -0.25) is 9.59 Å². The van der Waals surface area contributed by atoms with Gasteiger partial charge < -0.3 is 19.5 Å². The second-order valence-corrected chi connectivity index (χ2v) is 8.68. The largest absolute Gasteiger partial charge is 0.507 e. The Bertz CT molecular complexity index is 1040. The van der Waals surface area contributed by atoms with Gasteiger partial charge in [-0.15, -0.1) is 0 Å². The van der Waals surface area contributed by atoms with E-state index in [0.29, 0.717) is 36.6 Å². The Morgan fingerprint density at radius 3 is 2.53 bits per heavy atom. The molecule has 0 aromatic heterocycles. The van der Waals surface area contributed by atoms with Crippen molar-refractivity contribution < 1.29 is 24.2 Å². The molecule has 2 aliphatic rings. The second kappa shape index (κ2) is 9.71. The Kier molecular flexibility index (Phi) is 6.77. The molecule has 7 heteroatoms. The van der Waals surface area contributed by atoms with Crippen molar-refractivity contribution in [2.45, 2.75) is 25.0 Å². The Labute approximate surface area is 195 Å². The first-order valence-electron chi connectivity index (χ1n) is 10.5. The number of nitrogens with zero attached hydrogens (tertiary/aromatic N) is 1. The fourth-order valence-corrected chi connectivity index (χ4v) is 4.35. The fourth-order valence-electron chi connectivity index (χ4n) is 4.09. The van der Waals surface area contributed by atoms with E-state index in [0.717, 1.165) is 17.3 Å². The number of likely N-dealkylation sites (tertiary alicyclic amines) is 1. The van der Waals surface area contributed by atoms with Gasteiger partial charge in [0, 0.05) is 23.2 Å². The minimum atomic E-state index is -0.712. The second-order valence-electron chi connectivity index (χ2n) is 7.76. The van der Waals surface area contributed by atoms with Gasteiger partial charge in [0.25, 0.3) is 11.7 Å². The number of benzene rings is 2. The summed E-state index contributed by atoms with van der Waals surface area (Å²) < 4.78 is 12.1.